The average Bonchev–Trinajstić information content (AvgIpc) is 2.77. The van der Waals surface area contributed by atoms with Crippen molar-refractivity contribution in [1.82, 2.24) is 19.9 Å². The fourth-order valence-electron chi connectivity index (χ4n) is 4.22. The van der Waals surface area contributed by atoms with Crippen molar-refractivity contribution < 1.29 is 0 Å². The third-order valence-corrected chi connectivity index (χ3v) is 6.07. The lowest BCUT2D eigenvalue weighted by atomic mass is 9.91. The van der Waals surface area contributed by atoms with E-state index in [1.54, 1.807) is 0 Å². The SMILES string of the molecule is CCc1[nH]n2c(NCCc3cccc(C#N)c3)cc(N[C@H](C)C3CCNCC3)nc12. The number of fused-ring (bicyclic) bond motifs is 1. The standard InChI is InChI=1S/C23H31N7/c1-3-20-23-28-21(27-16(2)19-8-10-25-11-9-19)14-22(30(23)29-20)26-12-7-17-5-4-6-18(13-17)15-24/h4-6,13-14,16,19,25-26,29H,3,7-12H2,1-2H3,(H,27,28)/t16-/m1/s1. The Morgan fingerprint density at radius 1 is 1.30 bits per heavy atom. The normalized spacial score (nSPS) is 15.8. The fourth-order valence-corrected chi connectivity index (χ4v) is 4.22. The van der Waals surface area contributed by atoms with E-state index < -0.39 is 0 Å². The molecule has 7 nitrogen and oxygen atoms in total. The Kier molecular flexibility index (Phi) is 6.24. The molecule has 1 aliphatic heterocycles. The van der Waals surface area contributed by atoms with Crippen LogP contribution >= 0.6 is 0 Å². The van der Waals surface area contributed by atoms with Gasteiger partial charge in [0.2, 0.25) is 0 Å². The Balaban J connectivity index is 1.47. The van der Waals surface area contributed by atoms with Crippen molar-refractivity contribution in [3.8, 4) is 6.07 Å². The van der Waals surface area contributed by atoms with Gasteiger partial charge in [-0.3, -0.25) is 5.10 Å². The maximum Gasteiger partial charge on any atom is 0.176 e. The zero-order valence-electron chi connectivity index (χ0n) is 17.8. The van der Waals surface area contributed by atoms with E-state index >= 15 is 0 Å². The molecule has 0 unspecified atom stereocenters. The topological polar surface area (TPSA) is 93.0 Å². The van der Waals surface area contributed by atoms with Gasteiger partial charge in [0.15, 0.2) is 5.65 Å². The molecule has 0 radical (unpaired) electrons. The number of aryl methyl sites for hydroxylation is 1. The van der Waals surface area contributed by atoms with Crippen LogP contribution in [-0.2, 0) is 12.8 Å². The number of piperidine rings is 1. The van der Waals surface area contributed by atoms with E-state index in [9.17, 15) is 0 Å². The van der Waals surface area contributed by atoms with Gasteiger partial charge in [-0.25, -0.2) is 9.50 Å². The van der Waals surface area contributed by atoms with Crippen molar-refractivity contribution in [2.75, 3.05) is 30.3 Å². The second kappa shape index (κ2) is 9.23. The summed E-state index contributed by atoms with van der Waals surface area (Å²) in [6.45, 7) is 7.39. The highest BCUT2D eigenvalue weighted by Gasteiger charge is 2.21. The summed E-state index contributed by atoms with van der Waals surface area (Å²) in [5.74, 6) is 2.60. The predicted molar refractivity (Wildman–Crippen MR) is 121 cm³/mol. The number of hydrogen-bond donors (Lipinski definition) is 4. The first-order valence-electron chi connectivity index (χ1n) is 11.0. The minimum atomic E-state index is 0.391. The van der Waals surface area contributed by atoms with Gasteiger partial charge in [-0.05, 0) is 69.3 Å². The fraction of sp³-hybridized carbons (Fsp3) is 0.478. The van der Waals surface area contributed by atoms with Crippen molar-refractivity contribution >= 4 is 17.3 Å². The summed E-state index contributed by atoms with van der Waals surface area (Å²) >= 11 is 0. The van der Waals surface area contributed by atoms with Crippen molar-refractivity contribution in [2.45, 2.75) is 45.6 Å². The largest absolute Gasteiger partial charge is 0.370 e. The molecule has 2 aromatic heterocycles. The molecule has 7 heteroatoms. The van der Waals surface area contributed by atoms with Gasteiger partial charge in [0.1, 0.15) is 11.6 Å². The molecule has 0 spiro atoms. The molecule has 4 N–H and O–H groups in total. The van der Waals surface area contributed by atoms with Crippen molar-refractivity contribution in [3.63, 3.8) is 0 Å². The lowest BCUT2D eigenvalue weighted by molar-refractivity contribution is 0.342. The summed E-state index contributed by atoms with van der Waals surface area (Å²) in [6.07, 6.45) is 4.19. The Morgan fingerprint density at radius 2 is 2.13 bits per heavy atom. The van der Waals surface area contributed by atoms with Gasteiger partial charge in [0.05, 0.1) is 17.3 Å². The van der Waals surface area contributed by atoms with Crippen LogP contribution in [0.25, 0.3) is 5.65 Å². The zero-order valence-corrected chi connectivity index (χ0v) is 17.8. The van der Waals surface area contributed by atoms with Crippen molar-refractivity contribution in [3.05, 3.63) is 47.2 Å². The second-order valence-corrected chi connectivity index (χ2v) is 8.14. The van der Waals surface area contributed by atoms with Crippen LogP contribution in [-0.4, -0.2) is 40.3 Å². The minimum Gasteiger partial charge on any atom is -0.370 e. The molecule has 1 fully saturated rings. The highest BCUT2D eigenvalue weighted by Crippen LogP contribution is 2.24. The first-order chi connectivity index (χ1) is 14.7. The van der Waals surface area contributed by atoms with E-state index in [0.717, 1.165) is 61.0 Å². The zero-order chi connectivity index (χ0) is 20.9. The van der Waals surface area contributed by atoms with Crippen LogP contribution in [0.15, 0.2) is 30.3 Å². The second-order valence-electron chi connectivity index (χ2n) is 8.14. The third-order valence-electron chi connectivity index (χ3n) is 6.07. The third kappa shape index (κ3) is 4.44. The Bertz CT molecular complexity index is 1020. The van der Waals surface area contributed by atoms with Crippen LogP contribution in [0.3, 0.4) is 0 Å². The van der Waals surface area contributed by atoms with Crippen molar-refractivity contribution in [1.29, 1.82) is 5.26 Å². The summed E-state index contributed by atoms with van der Waals surface area (Å²) < 4.78 is 2.02. The molecule has 0 aliphatic carbocycles. The number of nitriles is 1. The molecular formula is C23H31N7. The van der Waals surface area contributed by atoms with Gasteiger partial charge >= 0.3 is 0 Å². The van der Waals surface area contributed by atoms with Crippen LogP contribution < -0.4 is 16.0 Å². The molecule has 1 saturated heterocycles. The van der Waals surface area contributed by atoms with Crippen LogP contribution in [0.4, 0.5) is 11.6 Å². The van der Waals surface area contributed by atoms with Gasteiger partial charge < -0.3 is 16.0 Å². The van der Waals surface area contributed by atoms with E-state index in [1.807, 2.05) is 22.7 Å². The number of nitrogens with one attached hydrogen (secondary N) is 4. The monoisotopic (exact) mass is 405 g/mol. The summed E-state index contributed by atoms with van der Waals surface area (Å²) in [6, 6.07) is 12.5. The van der Waals surface area contributed by atoms with E-state index in [1.165, 1.54) is 12.8 Å². The Labute approximate surface area is 177 Å². The number of aromatic nitrogens is 3. The van der Waals surface area contributed by atoms with E-state index in [-0.39, 0.29) is 0 Å². The van der Waals surface area contributed by atoms with Gasteiger partial charge in [0.25, 0.3) is 0 Å². The summed E-state index contributed by atoms with van der Waals surface area (Å²) in [4.78, 5) is 4.86. The summed E-state index contributed by atoms with van der Waals surface area (Å²) in [7, 11) is 0. The summed E-state index contributed by atoms with van der Waals surface area (Å²) in [5, 5.41) is 23.1. The van der Waals surface area contributed by atoms with Crippen LogP contribution in [0.1, 0.15) is 43.5 Å². The molecule has 30 heavy (non-hydrogen) atoms. The number of H-pyrrole nitrogens is 1. The molecular weight excluding hydrogens is 374 g/mol. The molecule has 3 aromatic rings. The average molecular weight is 406 g/mol. The molecule has 0 amide bonds. The first kappa shape index (κ1) is 20.3. The molecule has 1 aliphatic rings. The molecule has 158 valence electrons. The molecule has 1 aromatic carbocycles. The summed E-state index contributed by atoms with van der Waals surface area (Å²) in [5.41, 5.74) is 4.02. The van der Waals surface area contributed by atoms with Gasteiger partial charge in [-0.15, -0.1) is 0 Å². The number of nitrogens with zero attached hydrogens (tertiary/aromatic N) is 3. The van der Waals surface area contributed by atoms with Gasteiger partial charge in [-0.2, -0.15) is 5.26 Å². The molecule has 0 bridgehead atoms. The Hall–Kier alpha value is -2.98. The van der Waals surface area contributed by atoms with Crippen LogP contribution in [0, 0.1) is 17.2 Å². The molecule has 1 atom stereocenters. The highest BCUT2D eigenvalue weighted by atomic mass is 15.3. The lowest BCUT2D eigenvalue weighted by Crippen LogP contribution is -2.36. The van der Waals surface area contributed by atoms with Crippen molar-refractivity contribution in [2.24, 2.45) is 5.92 Å². The number of anilines is 2. The highest BCUT2D eigenvalue weighted by molar-refractivity contribution is 5.61. The lowest BCUT2D eigenvalue weighted by Gasteiger charge is -2.29. The van der Waals surface area contributed by atoms with E-state index in [2.05, 4.69) is 53.1 Å². The number of rotatable bonds is 8. The quantitative estimate of drug-likeness (QED) is 0.460. The minimum absolute atomic E-state index is 0.391. The first-order valence-corrected chi connectivity index (χ1v) is 11.0. The molecule has 0 saturated carbocycles. The van der Waals surface area contributed by atoms with E-state index in [4.69, 9.17) is 10.2 Å². The number of hydrogen-bond acceptors (Lipinski definition) is 5. The predicted octanol–water partition coefficient (Wildman–Crippen LogP) is 3.55. The number of benzene rings is 1. The van der Waals surface area contributed by atoms with Gasteiger partial charge in [-0.1, -0.05) is 19.1 Å². The maximum absolute atomic E-state index is 9.09. The Morgan fingerprint density at radius 3 is 2.90 bits per heavy atom. The molecule has 3 heterocycles. The smallest absolute Gasteiger partial charge is 0.176 e. The van der Waals surface area contributed by atoms with Crippen LogP contribution in [0.2, 0.25) is 0 Å². The molecule has 4 rings (SSSR count). The maximum atomic E-state index is 9.09. The number of aromatic amines is 1. The van der Waals surface area contributed by atoms with Gasteiger partial charge in [0, 0.05) is 18.7 Å². The van der Waals surface area contributed by atoms with E-state index in [0.29, 0.717) is 17.5 Å². The van der Waals surface area contributed by atoms with Crippen LogP contribution in [0.5, 0.6) is 0 Å².